The summed E-state index contributed by atoms with van der Waals surface area (Å²) in [7, 11) is 0. The molecule has 2 unspecified atom stereocenters. The van der Waals surface area contributed by atoms with Gasteiger partial charge in [0.05, 0.1) is 11.7 Å². The molecule has 2 aromatic rings. The largest absolute Gasteiger partial charge is 0.423 e. The number of hydrogen-bond acceptors (Lipinski definition) is 3. The highest BCUT2D eigenvalue weighted by atomic mass is 16.5. The number of carbonyl (C=O) groups is 1. The topological polar surface area (TPSA) is 35.5 Å². The minimum Gasteiger partial charge on any atom is -0.423 e. The molecule has 2 atom stereocenters. The van der Waals surface area contributed by atoms with Crippen LogP contribution >= 0.6 is 0 Å². The molecule has 0 amide bonds. The van der Waals surface area contributed by atoms with E-state index >= 15 is 0 Å². The Morgan fingerprint density at radius 1 is 0.650 bits per heavy atom. The Morgan fingerprint density at radius 3 is 1.82 bits per heavy atom. The summed E-state index contributed by atoms with van der Waals surface area (Å²) >= 11 is 0. The van der Waals surface area contributed by atoms with Gasteiger partial charge in [-0.2, -0.15) is 0 Å². The van der Waals surface area contributed by atoms with Crippen LogP contribution in [0.3, 0.4) is 0 Å². The Balaban J connectivity index is 1.71. The number of benzene rings is 2. The van der Waals surface area contributed by atoms with Crippen LogP contribution in [0.25, 0.3) is 0 Å². The predicted molar refractivity (Wildman–Crippen MR) is 170 cm³/mol. The van der Waals surface area contributed by atoms with E-state index in [1.807, 2.05) is 36.4 Å². The third-order valence-electron chi connectivity index (χ3n) is 8.09. The number of para-hydroxylation sites is 1. The van der Waals surface area contributed by atoms with Crippen LogP contribution < -0.4 is 4.74 Å². The van der Waals surface area contributed by atoms with Crippen molar-refractivity contribution in [1.29, 1.82) is 0 Å². The van der Waals surface area contributed by atoms with Crippen LogP contribution in [-0.2, 0) is 4.74 Å². The highest BCUT2D eigenvalue weighted by Gasteiger charge is 2.18. The molecule has 0 aliphatic heterocycles. The van der Waals surface area contributed by atoms with E-state index in [9.17, 15) is 4.79 Å². The summed E-state index contributed by atoms with van der Waals surface area (Å²) in [5, 5.41) is 0. The average molecular weight is 551 g/mol. The number of carbonyl (C=O) groups excluding carboxylic acids is 1. The molecule has 2 rings (SSSR count). The summed E-state index contributed by atoms with van der Waals surface area (Å²) in [5.41, 5.74) is 2.83. The van der Waals surface area contributed by atoms with Crippen LogP contribution in [0.1, 0.15) is 170 Å². The Bertz CT molecular complexity index is 904. The van der Waals surface area contributed by atoms with Crippen molar-refractivity contribution >= 4 is 5.97 Å². The fourth-order valence-corrected chi connectivity index (χ4v) is 5.51. The lowest BCUT2D eigenvalue weighted by Gasteiger charge is -2.19. The lowest BCUT2D eigenvalue weighted by Crippen LogP contribution is -2.12. The zero-order valence-electron chi connectivity index (χ0n) is 26.2. The van der Waals surface area contributed by atoms with Crippen LogP contribution in [0.15, 0.2) is 48.5 Å². The first kappa shape index (κ1) is 34.1. The van der Waals surface area contributed by atoms with Gasteiger partial charge >= 0.3 is 5.97 Å². The van der Waals surface area contributed by atoms with Gasteiger partial charge in [-0.3, -0.25) is 0 Å². The molecule has 0 saturated carbocycles. The molecule has 0 bridgehead atoms. The third kappa shape index (κ3) is 13.5. The standard InChI is InChI=1S/C37H58O3/c1-5-8-10-11-12-13-14-15-16-17-18-21-30-39-31(4)32-26-28-34(29-27-32)37(38)40-36-25-20-19-24-35(36)33(22-7-3)23-9-6-2/h19-20,24-29,31,33H,5-18,21-23,30H2,1-4H3. The second kappa shape index (κ2) is 21.6. The molecular formula is C37H58O3. The van der Waals surface area contributed by atoms with Gasteiger partial charge in [0.15, 0.2) is 0 Å². The lowest BCUT2D eigenvalue weighted by atomic mass is 9.89. The Labute approximate surface area is 246 Å². The minimum absolute atomic E-state index is 0.0203. The first-order valence-electron chi connectivity index (χ1n) is 16.6. The van der Waals surface area contributed by atoms with Gasteiger partial charge in [-0.1, -0.05) is 141 Å². The van der Waals surface area contributed by atoms with Crippen LogP contribution in [0.2, 0.25) is 0 Å². The summed E-state index contributed by atoms with van der Waals surface area (Å²) in [6.45, 7) is 9.61. The van der Waals surface area contributed by atoms with Gasteiger partial charge < -0.3 is 9.47 Å². The van der Waals surface area contributed by atoms with Crippen molar-refractivity contribution in [3.05, 3.63) is 65.2 Å². The maximum Gasteiger partial charge on any atom is 0.343 e. The lowest BCUT2D eigenvalue weighted by molar-refractivity contribution is 0.0625. The molecule has 0 N–H and O–H groups in total. The molecule has 0 heterocycles. The number of esters is 1. The zero-order valence-corrected chi connectivity index (χ0v) is 26.2. The zero-order chi connectivity index (χ0) is 28.8. The molecule has 0 fully saturated rings. The van der Waals surface area contributed by atoms with E-state index < -0.39 is 0 Å². The fourth-order valence-electron chi connectivity index (χ4n) is 5.51. The molecule has 0 saturated heterocycles. The van der Waals surface area contributed by atoms with E-state index in [2.05, 4.69) is 39.8 Å². The van der Waals surface area contributed by atoms with Crippen molar-refractivity contribution in [3.8, 4) is 5.75 Å². The van der Waals surface area contributed by atoms with Gasteiger partial charge in [-0.25, -0.2) is 4.79 Å². The maximum absolute atomic E-state index is 13.0. The molecule has 0 aliphatic rings. The van der Waals surface area contributed by atoms with Gasteiger partial charge in [0.25, 0.3) is 0 Å². The fraction of sp³-hybridized carbons (Fsp3) is 0.649. The number of rotatable bonds is 23. The van der Waals surface area contributed by atoms with E-state index in [4.69, 9.17) is 9.47 Å². The summed E-state index contributed by atoms with van der Waals surface area (Å²) in [6.07, 6.45) is 21.9. The molecule has 40 heavy (non-hydrogen) atoms. The average Bonchev–Trinajstić information content (AvgIpc) is 2.98. The van der Waals surface area contributed by atoms with Crippen molar-refractivity contribution in [2.45, 2.75) is 149 Å². The van der Waals surface area contributed by atoms with Crippen molar-refractivity contribution in [1.82, 2.24) is 0 Å². The number of ether oxygens (including phenoxy) is 2. The first-order chi connectivity index (χ1) is 19.6. The molecule has 0 aliphatic carbocycles. The van der Waals surface area contributed by atoms with Crippen molar-refractivity contribution in [3.63, 3.8) is 0 Å². The highest BCUT2D eigenvalue weighted by molar-refractivity contribution is 5.91. The molecular weight excluding hydrogens is 492 g/mol. The molecule has 0 aromatic heterocycles. The quantitative estimate of drug-likeness (QED) is 0.0784. The number of unbranched alkanes of at least 4 members (excludes halogenated alkanes) is 12. The summed E-state index contributed by atoms with van der Waals surface area (Å²) < 4.78 is 12.0. The molecule has 0 spiro atoms. The summed E-state index contributed by atoms with van der Waals surface area (Å²) in [5.74, 6) is 0.833. The van der Waals surface area contributed by atoms with E-state index in [0.717, 1.165) is 43.4 Å². The van der Waals surface area contributed by atoms with E-state index in [0.29, 0.717) is 17.2 Å². The van der Waals surface area contributed by atoms with Crippen molar-refractivity contribution in [2.24, 2.45) is 0 Å². The Kier molecular flexibility index (Phi) is 18.4. The van der Waals surface area contributed by atoms with Gasteiger partial charge in [-0.15, -0.1) is 0 Å². The van der Waals surface area contributed by atoms with Crippen LogP contribution in [0.5, 0.6) is 5.75 Å². The second-order valence-electron chi connectivity index (χ2n) is 11.6. The summed E-state index contributed by atoms with van der Waals surface area (Å²) in [4.78, 5) is 13.0. The smallest absolute Gasteiger partial charge is 0.343 e. The third-order valence-corrected chi connectivity index (χ3v) is 8.09. The van der Waals surface area contributed by atoms with Crippen molar-refractivity contribution < 1.29 is 14.3 Å². The van der Waals surface area contributed by atoms with E-state index in [1.54, 1.807) is 0 Å². The van der Waals surface area contributed by atoms with Gasteiger partial charge in [0.2, 0.25) is 0 Å². The van der Waals surface area contributed by atoms with Gasteiger partial charge in [0, 0.05) is 6.61 Å². The predicted octanol–water partition coefficient (Wildman–Crippen LogP) is 11.8. The van der Waals surface area contributed by atoms with Gasteiger partial charge in [-0.05, 0) is 61.4 Å². The highest BCUT2D eigenvalue weighted by Crippen LogP contribution is 2.34. The van der Waals surface area contributed by atoms with Crippen molar-refractivity contribution in [2.75, 3.05) is 6.61 Å². The monoisotopic (exact) mass is 550 g/mol. The van der Waals surface area contributed by atoms with Crippen LogP contribution in [0, 0.1) is 0 Å². The molecule has 3 nitrogen and oxygen atoms in total. The normalized spacial score (nSPS) is 12.8. The molecule has 0 radical (unpaired) electrons. The van der Waals surface area contributed by atoms with E-state index in [-0.39, 0.29) is 12.1 Å². The molecule has 224 valence electrons. The summed E-state index contributed by atoms with van der Waals surface area (Å²) in [6, 6.07) is 15.8. The molecule has 3 heteroatoms. The van der Waals surface area contributed by atoms with Crippen LogP contribution in [-0.4, -0.2) is 12.6 Å². The Hall–Kier alpha value is -2.13. The maximum atomic E-state index is 13.0. The van der Waals surface area contributed by atoms with Crippen LogP contribution in [0.4, 0.5) is 0 Å². The number of hydrogen-bond donors (Lipinski definition) is 0. The Morgan fingerprint density at radius 2 is 1.23 bits per heavy atom. The van der Waals surface area contributed by atoms with E-state index in [1.165, 1.54) is 83.5 Å². The minimum atomic E-state index is -0.296. The van der Waals surface area contributed by atoms with Gasteiger partial charge in [0.1, 0.15) is 5.75 Å². The first-order valence-corrected chi connectivity index (χ1v) is 16.6. The second-order valence-corrected chi connectivity index (χ2v) is 11.6. The molecule has 2 aromatic carbocycles. The SMILES string of the molecule is CCCCCCCCCCCCCCOC(C)c1ccc(C(=O)Oc2ccccc2C(CCC)CCCC)cc1.